The van der Waals surface area contributed by atoms with Crippen molar-refractivity contribution < 1.29 is 0 Å². The Morgan fingerprint density at radius 3 is 3.17 bits per heavy atom. The molecule has 0 spiro atoms. The molecule has 2 aromatic rings. The van der Waals surface area contributed by atoms with Crippen LogP contribution in [0.15, 0.2) is 12.7 Å². The summed E-state index contributed by atoms with van der Waals surface area (Å²) < 4.78 is 0. The Morgan fingerprint density at radius 1 is 1.44 bits per heavy atom. The van der Waals surface area contributed by atoms with Gasteiger partial charge in [0.2, 0.25) is 0 Å². The molecule has 1 aliphatic rings. The monoisotopic (exact) mass is 246 g/mol. The largest absolute Gasteiger partial charge is 0.354 e. The van der Waals surface area contributed by atoms with Gasteiger partial charge in [-0.1, -0.05) is 6.92 Å². The molecular weight excluding hydrogens is 228 g/mol. The number of fused-ring (bicyclic) bond motifs is 1. The molecule has 6 nitrogen and oxygen atoms in total. The average molecular weight is 246 g/mol. The lowest BCUT2D eigenvalue weighted by Crippen LogP contribution is -2.43. The van der Waals surface area contributed by atoms with Crippen LogP contribution in [0.1, 0.15) is 13.3 Å². The van der Waals surface area contributed by atoms with Crippen LogP contribution in [-0.4, -0.2) is 39.6 Å². The van der Waals surface area contributed by atoms with Crippen molar-refractivity contribution in [1.82, 2.24) is 19.9 Å². The van der Waals surface area contributed by atoms with Gasteiger partial charge >= 0.3 is 0 Å². The van der Waals surface area contributed by atoms with Gasteiger partial charge in [-0.2, -0.15) is 0 Å². The Morgan fingerprint density at radius 2 is 2.33 bits per heavy atom. The highest BCUT2D eigenvalue weighted by molar-refractivity contribution is 5.82. The predicted molar refractivity (Wildman–Crippen MR) is 70.2 cm³/mol. The number of anilines is 1. The van der Waals surface area contributed by atoms with Crippen LogP contribution in [-0.2, 0) is 0 Å². The van der Waals surface area contributed by atoms with Crippen molar-refractivity contribution in [2.24, 2.45) is 17.6 Å². The lowest BCUT2D eigenvalue weighted by atomic mass is 9.87. The van der Waals surface area contributed by atoms with Crippen molar-refractivity contribution in [1.29, 1.82) is 0 Å². The Kier molecular flexibility index (Phi) is 2.87. The molecule has 0 saturated carbocycles. The summed E-state index contributed by atoms with van der Waals surface area (Å²) in [7, 11) is 0. The maximum absolute atomic E-state index is 5.85. The molecule has 0 amide bonds. The van der Waals surface area contributed by atoms with Crippen LogP contribution in [0, 0.1) is 11.8 Å². The van der Waals surface area contributed by atoms with Crippen LogP contribution in [0.5, 0.6) is 0 Å². The minimum Gasteiger partial charge on any atom is -0.354 e. The average Bonchev–Trinajstić information content (AvgIpc) is 2.87. The Bertz CT molecular complexity index is 536. The van der Waals surface area contributed by atoms with Crippen molar-refractivity contribution >= 4 is 17.0 Å². The van der Waals surface area contributed by atoms with Crippen molar-refractivity contribution in [3.05, 3.63) is 12.7 Å². The first-order chi connectivity index (χ1) is 8.79. The van der Waals surface area contributed by atoms with E-state index < -0.39 is 0 Å². The Balaban J connectivity index is 1.93. The molecule has 3 rings (SSSR count). The number of rotatable bonds is 2. The standard InChI is InChI=1S/C12H18N6/c1-8-2-3-18(5-9(8)4-13)12-10-11(15-6-14-10)16-7-17-12/h6-9H,2-5,13H2,1H3,(H,14,15,16,17). The fourth-order valence-corrected chi connectivity index (χ4v) is 2.64. The number of piperidine rings is 1. The second-order valence-corrected chi connectivity index (χ2v) is 5.01. The molecule has 2 atom stereocenters. The maximum Gasteiger partial charge on any atom is 0.182 e. The molecule has 0 aliphatic carbocycles. The third-order valence-corrected chi connectivity index (χ3v) is 3.92. The molecule has 3 heterocycles. The van der Waals surface area contributed by atoms with Crippen LogP contribution in [0.25, 0.3) is 11.2 Å². The van der Waals surface area contributed by atoms with E-state index >= 15 is 0 Å². The SMILES string of the molecule is CC1CCN(c2ncnc3nc[nH]c23)CC1CN. The first-order valence-electron chi connectivity index (χ1n) is 6.38. The fraction of sp³-hybridized carbons (Fsp3) is 0.583. The van der Waals surface area contributed by atoms with Gasteiger partial charge in [-0.25, -0.2) is 15.0 Å². The molecule has 1 saturated heterocycles. The second-order valence-electron chi connectivity index (χ2n) is 5.01. The van der Waals surface area contributed by atoms with E-state index in [1.807, 2.05) is 0 Å². The van der Waals surface area contributed by atoms with Gasteiger partial charge in [0.25, 0.3) is 0 Å². The molecule has 2 unspecified atom stereocenters. The molecule has 3 N–H and O–H groups in total. The van der Waals surface area contributed by atoms with Crippen molar-refractivity contribution in [3.63, 3.8) is 0 Å². The quantitative estimate of drug-likeness (QED) is 0.818. The van der Waals surface area contributed by atoms with E-state index in [-0.39, 0.29) is 0 Å². The Labute approximate surface area is 106 Å². The van der Waals surface area contributed by atoms with E-state index in [4.69, 9.17) is 5.73 Å². The summed E-state index contributed by atoms with van der Waals surface area (Å²) in [6.45, 7) is 4.99. The normalized spacial score (nSPS) is 24.7. The third-order valence-electron chi connectivity index (χ3n) is 3.92. The van der Waals surface area contributed by atoms with E-state index in [2.05, 4.69) is 31.8 Å². The fourth-order valence-electron chi connectivity index (χ4n) is 2.64. The van der Waals surface area contributed by atoms with Gasteiger partial charge in [0, 0.05) is 13.1 Å². The van der Waals surface area contributed by atoms with Crippen LogP contribution in [0.3, 0.4) is 0 Å². The van der Waals surface area contributed by atoms with Crippen LogP contribution >= 0.6 is 0 Å². The number of hydrogen-bond acceptors (Lipinski definition) is 5. The Hall–Kier alpha value is -1.69. The molecule has 2 aromatic heterocycles. The number of hydrogen-bond donors (Lipinski definition) is 2. The highest BCUT2D eigenvalue weighted by atomic mass is 15.2. The number of H-pyrrole nitrogens is 1. The number of aromatic nitrogens is 4. The minimum absolute atomic E-state index is 0.534. The number of imidazole rings is 1. The summed E-state index contributed by atoms with van der Waals surface area (Å²) in [4.78, 5) is 18.1. The summed E-state index contributed by atoms with van der Waals surface area (Å²) in [5.41, 5.74) is 7.49. The minimum atomic E-state index is 0.534. The number of aromatic amines is 1. The van der Waals surface area contributed by atoms with Gasteiger partial charge in [0.15, 0.2) is 11.5 Å². The molecule has 1 fully saturated rings. The van der Waals surface area contributed by atoms with Gasteiger partial charge in [-0.15, -0.1) is 0 Å². The third kappa shape index (κ3) is 1.82. The smallest absolute Gasteiger partial charge is 0.182 e. The first kappa shape index (κ1) is 11.4. The summed E-state index contributed by atoms with van der Waals surface area (Å²) >= 11 is 0. The zero-order valence-corrected chi connectivity index (χ0v) is 10.5. The summed E-state index contributed by atoms with van der Waals surface area (Å²) in [5, 5.41) is 0. The molecule has 96 valence electrons. The zero-order chi connectivity index (χ0) is 12.5. The van der Waals surface area contributed by atoms with Gasteiger partial charge in [0.1, 0.15) is 11.8 Å². The summed E-state index contributed by atoms with van der Waals surface area (Å²) in [5.74, 6) is 2.17. The molecule has 0 radical (unpaired) electrons. The van der Waals surface area contributed by atoms with E-state index in [1.54, 1.807) is 12.7 Å². The molecule has 0 bridgehead atoms. The van der Waals surface area contributed by atoms with E-state index in [9.17, 15) is 0 Å². The number of nitrogens with zero attached hydrogens (tertiary/aromatic N) is 4. The topological polar surface area (TPSA) is 83.7 Å². The molecule has 1 aliphatic heterocycles. The number of nitrogens with one attached hydrogen (secondary N) is 1. The van der Waals surface area contributed by atoms with E-state index in [0.29, 0.717) is 11.8 Å². The first-order valence-corrected chi connectivity index (χ1v) is 6.38. The van der Waals surface area contributed by atoms with Gasteiger partial charge in [0.05, 0.1) is 6.33 Å². The van der Waals surface area contributed by atoms with E-state index in [0.717, 1.165) is 43.0 Å². The van der Waals surface area contributed by atoms with Crippen molar-refractivity contribution in [2.45, 2.75) is 13.3 Å². The second kappa shape index (κ2) is 4.53. The van der Waals surface area contributed by atoms with Crippen molar-refractivity contribution in [3.8, 4) is 0 Å². The van der Waals surface area contributed by atoms with Crippen molar-refractivity contribution in [2.75, 3.05) is 24.5 Å². The summed E-state index contributed by atoms with van der Waals surface area (Å²) in [6, 6.07) is 0. The lowest BCUT2D eigenvalue weighted by Gasteiger charge is -2.37. The predicted octanol–water partition coefficient (Wildman–Crippen LogP) is 0.774. The molecule has 6 heteroatoms. The highest BCUT2D eigenvalue weighted by Crippen LogP contribution is 2.28. The molecular formula is C12H18N6. The highest BCUT2D eigenvalue weighted by Gasteiger charge is 2.27. The van der Waals surface area contributed by atoms with Crippen LogP contribution < -0.4 is 10.6 Å². The molecule has 0 aromatic carbocycles. The number of nitrogens with two attached hydrogens (primary N) is 1. The van der Waals surface area contributed by atoms with Gasteiger partial charge in [-0.3, -0.25) is 0 Å². The summed E-state index contributed by atoms with van der Waals surface area (Å²) in [6.07, 6.45) is 4.39. The van der Waals surface area contributed by atoms with Crippen LogP contribution in [0.4, 0.5) is 5.82 Å². The molecule has 18 heavy (non-hydrogen) atoms. The van der Waals surface area contributed by atoms with Gasteiger partial charge in [-0.05, 0) is 24.8 Å². The maximum atomic E-state index is 5.85. The lowest BCUT2D eigenvalue weighted by molar-refractivity contribution is 0.307. The van der Waals surface area contributed by atoms with Crippen LogP contribution in [0.2, 0.25) is 0 Å². The van der Waals surface area contributed by atoms with E-state index in [1.165, 1.54) is 0 Å². The van der Waals surface area contributed by atoms with Gasteiger partial charge < -0.3 is 15.6 Å². The zero-order valence-electron chi connectivity index (χ0n) is 10.5.